The molecule has 0 fully saturated rings. The molecule has 2 aromatic heterocycles. The number of rotatable bonds is 3. The number of imidazole rings is 1. The summed E-state index contributed by atoms with van der Waals surface area (Å²) >= 11 is 5.94. The molecule has 18 heavy (non-hydrogen) atoms. The van der Waals surface area contributed by atoms with Crippen molar-refractivity contribution in [1.82, 2.24) is 19.9 Å². The van der Waals surface area contributed by atoms with Gasteiger partial charge < -0.3 is 4.98 Å². The van der Waals surface area contributed by atoms with Crippen LogP contribution in [0.2, 0.25) is 5.15 Å². The van der Waals surface area contributed by atoms with Crippen molar-refractivity contribution in [3.8, 4) is 0 Å². The third-order valence-corrected chi connectivity index (χ3v) is 2.61. The fourth-order valence-corrected chi connectivity index (χ4v) is 1.67. The first-order valence-corrected chi connectivity index (χ1v) is 5.84. The van der Waals surface area contributed by atoms with Gasteiger partial charge in [-0.15, -0.1) is 0 Å². The maximum absolute atomic E-state index is 11.8. The standard InChI is InChI=1S/C11H12ClN5O/c1-3-4-6(2)10(18)17-11-15-8(12)7-9(16-11)14-5-13-7/h4-5H,3H2,1-2H3,(H2,13,14,15,16,17,18)/b6-4-. The summed E-state index contributed by atoms with van der Waals surface area (Å²) in [4.78, 5) is 26.6. The van der Waals surface area contributed by atoms with Crippen LogP contribution in [-0.2, 0) is 4.79 Å². The van der Waals surface area contributed by atoms with Gasteiger partial charge in [0.25, 0.3) is 5.91 Å². The minimum atomic E-state index is -0.247. The molecule has 1 amide bonds. The van der Waals surface area contributed by atoms with E-state index >= 15 is 0 Å². The van der Waals surface area contributed by atoms with Gasteiger partial charge >= 0.3 is 0 Å². The van der Waals surface area contributed by atoms with Crippen LogP contribution >= 0.6 is 11.6 Å². The Labute approximate surface area is 108 Å². The van der Waals surface area contributed by atoms with Crippen molar-refractivity contribution in [3.63, 3.8) is 0 Å². The number of carbonyl (C=O) groups excluding carboxylic acids is 1. The van der Waals surface area contributed by atoms with Crippen LogP contribution in [0, 0.1) is 0 Å². The highest BCUT2D eigenvalue weighted by molar-refractivity contribution is 6.33. The van der Waals surface area contributed by atoms with E-state index in [4.69, 9.17) is 11.6 Å². The van der Waals surface area contributed by atoms with Gasteiger partial charge in [0.15, 0.2) is 10.8 Å². The molecule has 0 radical (unpaired) electrons. The van der Waals surface area contributed by atoms with Crippen LogP contribution in [0.4, 0.5) is 5.95 Å². The lowest BCUT2D eigenvalue weighted by atomic mass is 10.2. The lowest BCUT2D eigenvalue weighted by molar-refractivity contribution is -0.112. The molecule has 2 rings (SSSR count). The number of H-pyrrole nitrogens is 1. The Morgan fingerprint density at radius 2 is 2.33 bits per heavy atom. The lowest BCUT2D eigenvalue weighted by Gasteiger charge is -2.04. The van der Waals surface area contributed by atoms with Crippen LogP contribution in [0.15, 0.2) is 18.0 Å². The van der Waals surface area contributed by atoms with Gasteiger partial charge in [0.1, 0.15) is 5.52 Å². The number of halogens is 1. The second-order valence-corrected chi connectivity index (χ2v) is 4.05. The minimum Gasteiger partial charge on any atom is -0.341 e. The molecular weight excluding hydrogens is 254 g/mol. The molecule has 0 saturated carbocycles. The number of aromatic amines is 1. The monoisotopic (exact) mass is 265 g/mol. The van der Waals surface area contributed by atoms with Crippen LogP contribution in [0.1, 0.15) is 20.3 Å². The highest BCUT2D eigenvalue weighted by Crippen LogP contribution is 2.18. The van der Waals surface area contributed by atoms with Crippen LogP contribution in [0.5, 0.6) is 0 Å². The van der Waals surface area contributed by atoms with E-state index in [2.05, 4.69) is 25.3 Å². The Morgan fingerprint density at radius 1 is 1.56 bits per heavy atom. The van der Waals surface area contributed by atoms with Crippen molar-refractivity contribution in [2.45, 2.75) is 20.3 Å². The largest absolute Gasteiger partial charge is 0.341 e. The molecule has 0 bridgehead atoms. The lowest BCUT2D eigenvalue weighted by Crippen LogP contribution is -2.15. The fourth-order valence-electron chi connectivity index (χ4n) is 1.45. The van der Waals surface area contributed by atoms with Crippen molar-refractivity contribution < 1.29 is 4.79 Å². The topological polar surface area (TPSA) is 83.6 Å². The van der Waals surface area contributed by atoms with E-state index in [0.717, 1.165) is 6.42 Å². The Bertz CT molecular complexity index is 619. The fraction of sp³-hybridized carbons (Fsp3) is 0.273. The predicted molar refractivity (Wildman–Crippen MR) is 69.4 cm³/mol. The highest BCUT2D eigenvalue weighted by Gasteiger charge is 2.11. The van der Waals surface area contributed by atoms with E-state index < -0.39 is 0 Å². The van der Waals surface area contributed by atoms with Crippen molar-refractivity contribution >= 4 is 34.6 Å². The molecule has 0 aliphatic heterocycles. The summed E-state index contributed by atoms with van der Waals surface area (Å²) in [6.07, 6.45) is 4.09. The number of anilines is 1. The molecule has 0 spiro atoms. The number of amides is 1. The molecule has 2 N–H and O–H groups in total. The highest BCUT2D eigenvalue weighted by atomic mass is 35.5. The smallest absolute Gasteiger partial charge is 0.253 e. The maximum Gasteiger partial charge on any atom is 0.253 e. The van der Waals surface area contributed by atoms with Crippen LogP contribution in [0.25, 0.3) is 11.2 Å². The molecule has 2 aromatic rings. The van der Waals surface area contributed by atoms with Crippen molar-refractivity contribution in [2.75, 3.05) is 5.32 Å². The van der Waals surface area contributed by atoms with Gasteiger partial charge in [0.05, 0.1) is 6.33 Å². The second kappa shape index (κ2) is 5.14. The number of allylic oxidation sites excluding steroid dienone is 1. The molecule has 0 unspecified atom stereocenters. The minimum absolute atomic E-state index is 0.147. The number of hydrogen-bond donors (Lipinski definition) is 2. The summed E-state index contributed by atoms with van der Waals surface area (Å²) < 4.78 is 0. The summed E-state index contributed by atoms with van der Waals surface area (Å²) in [6.45, 7) is 3.69. The zero-order chi connectivity index (χ0) is 13.1. The molecule has 6 nitrogen and oxygen atoms in total. The van der Waals surface area contributed by atoms with E-state index in [-0.39, 0.29) is 17.0 Å². The molecule has 7 heteroatoms. The molecule has 0 saturated heterocycles. The van der Waals surface area contributed by atoms with E-state index in [0.29, 0.717) is 16.7 Å². The summed E-state index contributed by atoms with van der Waals surface area (Å²) in [5, 5.41) is 2.81. The summed E-state index contributed by atoms with van der Waals surface area (Å²) in [5.74, 6) is -0.101. The predicted octanol–water partition coefficient (Wildman–Crippen LogP) is 2.30. The quantitative estimate of drug-likeness (QED) is 0.659. The average molecular weight is 266 g/mol. The Balaban J connectivity index is 2.27. The molecule has 0 aliphatic carbocycles. The third-order valence-electron chi connectivity index (χ3n) is 2.34. The molecule has 94 valence electrons. The van der Waals surface area contributed by atoms with Crippen LogP contribution in [-0.4, -0.2) is 25.8 Å². The van der Waals surface area contributed by atoms with E-state index in [1.54, 1.807) is 6.92 Å². The van der Waals surface area contributed by atoms with E-state index in [9.17, 15) is 4.79 Å². The van der Waals surface area contributed by atoms with Crippen LogP contribution < -0.4 is 5.32 Å². The Kier molecular flexibility index (Phi) is 3.57. The summed E-state index contributed by atoms with van der Waals surface area (Å²) in [6, 6.07) is 0. The second-order valence-electron chi connectivity index (χ2n) is 3.69. The molecule has 0 atom stereocenters. The zero-order valence-corrected chi connectivity index (χ0v) is 10.7. The third kappa shape index (κ3) is 2.48. The van der Waals surface area contributed by atoms with Gasteiger partial charge in [-0.2, -0.15) is 9.97 Å². The molecule has 2 heterocycles. The van der Waals surface area contributed by atoms with Crippen molar-refractivity contribution in [1.29, 1.82) is 0 Å². The van der Waals surface area contributed by atoms with E-state index in [1.807, 2.05) is 13.0 Å². The van der Waals surface area contributed by atoms with E-state index in [1.165, 1.54) is 6.33 Å². The Hall–Kier alpha value is -1.95. The first-order chi connectivity index (χ1) is 8.61. The van der Waals surface area contributed by atoms with Gasteiger partial charge in [-0.3, -0.25) is 10.1 Å². The average Bonchev–Trinajstić information content (AvgIpc) is 2.77. The maximum atomic E-state index is 11.8. The summed E-state index contributed by atoms with van der Waals surface area (Å²) in [7, 11) is 0. The van der Waals surface area contributed by atoms with Crippen molar-refractivity contribution in [3.05, 3.63) is 23.1 Å². The number of aromatic nitrogens is 4. The summed E-state index contributed by atoms with van der Waals surface area (Å²) in [5.41, 5.74) is 1.58. The number of nitrogens with one attached hydrogen (secondary N) is 2. The Morgan fingerprint density at radius 3 is 3.06 bits per heavy atom. The number of nitrogens with zero attached hydrogens (tertiary/aromatic N) is 3. The normalized spacial score (nSPS) is 11.8. The first-order valence-electron chi connectivity index (χ1n) is 5.46. The van der Waals surface area contributed by atoms with Gasteiger partial charge in [-0.1, -0.05) is 24.6 Å². The SMILES string of the molecule is CC/C=C(/C)C(=O)Nc1nc(Cl)c2[nH]cnc2n1. The molecule has 0 aromatic carbocycles. The van der Waals surface area contributed by atoms with Gasteiger partial charge in [-0.05, 0) is 13.3 Å². The van der Waals surface area contributed by atoms with Gasteiger partial charge in [0, 0.05) is 5.57 Å². The number of hydrogen-bond acceptors (Lipinski definition) is 4. The first kappa shape index (κ1) is 12.5. The zero-order valence-electron chi connectivity index (χ0n) is 9.99. The number of carbonyl (C=O) groups is 1. The van der Waals surface area contributed by atoms with Gasteiger partial charge in [0.2, 0.25) is 5.95 Å². The van der Waals surface area contributed by atoms with Crippen molar-refractivity contribution in [2.24, 2.45) is 0 Å². The molecule has 0 aliphatic rings. The molecular formula is C11H12ClN5O. The van der Waals surface area contributed by atoms with Gasteiger partial charge in [-0.25, -0.2) is 4.98 Å². The number of fused-ring (bicyclic) bond motifs is 1. The van der Waals surface area contributed by atoms with Crippen LogP contribution in [0.3, 0.4) is 0 Å².